The number of carbonyl (C=O) groups excluding carboxylic acids is 2. The summed E-state index contributed by atoms with van der Waals surface area (Å²) in [4.78, 5) is 39.7. The standard InChI is InChI=1S/C21H33ClN6O3S/c1-3-4-20(30)28-8-7-27(14-16(28)2)18-13-17(22)24-21(25-18)32-15-19(29)23-5-6-26-9-11-31-12-10-26/h13,16H,3-12,14-15H2,1-2H3,(H,23,29). The normalized spacial score (nSPS) is 19.8. The Labute approximate surface area is 199 Å². The van der Waals surface area contributed by atoms with Gasteiger partial charge in [0.05, 0.1) is 19.0 Å². The number of nitrogens with zero attached hydrogens (tertiary/aromatic N) is 5. The number of thioether (sulfide) groups is 1. The number of carbonyl (C=O) groups is 2. The van der Waals surface area contributed by atoms with Gasteiger partial charge in [-0.05, 0) is 13.3 Å². The van der Waals surface area contributed by atoms with Crippen molar-refractivity contribution < 1.29 is 14.3 Å². The molecule has 0 radical (unpaired) electrons. The second kappa shape index (κ2) is 12.6. The van der Waals surface area contributed by atoms with Gasteiger partial charge in [-0.25, -0.2) is 9.97 Å². The number of amides is 2. The molecule has 2 amide bonds. The lowest BCUT2D eigenvalue weighted by molar-refractivity contribution is -0.133. The van der Waals surface area contributed by atoms with E-state index in [1.54, 1.807) is 6.07 Å². The number of halogens is 1. The van der Waals surface area contributed by atoms with Crippen molar-refractivity contribution in [3.05, 3.63) is 11.2 Å². The fourth-order valence-corrected chi connectivity index (χ4v) is 4.78. The van der Waals surface area contributed by atoms with E-state index < -0.39 is 0 Å². The summed E-state index contributed by atoms with van der Waals surface area (Å²) >= 11 is 7.52. The molecule has 9 nitrogen and oxygen atoms in total. The third-order valence-corrected chi connectivity index (χ3v) is 6.62. The lowest BCUT2D eigenvalue weighted by Crippen LogP contribution is -2.54. The fraction of sp³-hybridized carbons (Fsp3) is 0.714. The zero-order chi connectivity index (χ0) is 22.9. The number of morpholine rings is 1. The molecule has 1 unspecified atom stereocenters. The maximum atomic E-state index is 12.3. The number of nitrogens with one attached hydrogen (secondary N) is 1. The summed E-state index contributed by atoms with van der Waals surface area (Å²) in [5, 5.41) is 3.77. The predicted molar refractivity (Wildman–Crippen MR) is 126 cm³/mol. The van der Waals surface area contributed by atoms with Crippen LogP contribution in [0.15, 0.2) is 11.2 Å². The Balaban J connectivity index is 1.47. The molecule has 0 aromatic carbocycles. The van der Waals surface area contributed by atoms with Crippen LogP contribution in [0, 0.1) is 0 Å². The Morgan fingerprint density at radius 1 is 1.25 bits per heavy atom. The van der Waals surface area contributed by atoms with Gasteiger partial charge in [-0.3, -0.25) is 14.5 Å². The number of rotatable bonds is 9. The number of piperazine rings is 1. The molecule has 0 aliphatic carbocycles. The smallest absolute Gasteiger partial charge is 0.230 e. The predicted octanol–water partition coefficient (Wildman–Crippen LogP) is 1.51. The summed E-state index contributed by atoms with van der Waals surface area (Å²) in [6, 6.07) is 1.84. The molecule has 32 heavy (non-hydrogen) atoms. The molecule has 0 saturated carbocycles. The van der Waals surface area contributed by atoms with Crippen LogP contribution < -0.4 is 10.2 Å². The second-order valence-corrected chi connectivity index (χ2v) is 9.39. The summed E-state index contributed by atoms with van der Waals surface area (Å²) in [5.41, 5.74) is 0. The topological polar surface area (TPSA) is 90.9 Å². The second-order valence-electron chi connectivity index (χ2n) is 8.06. The van der Waals surface area contributed by atoms with Gasteiger partial charge in [0.1, 0.15) is 11.0 Å². The van der Waals surface area contributed by atoms with Gasteiger partial charge in [0, 0.05) is 64.3 Å². The molecule has 2 fully saturated rings. The highest BCUT2D eigenvalue weighted by molar-refractivity contribution is 7.99. The van der Waals surface area contributed by atoms with Crippen LogP contribution in [0.4, 0.5) is 5.82 Å². The van der Waals surface area contributed by atoms with Crippen molar-refractivity contribution in [1.82, 2.24) is 25.1 Å². The summed E-state index contributed by atoms with van der Waals surface area (Å²) in [6.07, 6.45) is 1.44. The van der Waals surface area contributed by atoms with Crippen molar-refractivity contribution in [2.75, 3.05) is 69.7 Å². The molecule has 2 aliphatic rings. The van der Waals surface area contributed by atoms with Crippen LogP contribution in [-0.4, -0.2) is 102 Å². The lowest BCUT2D eigenvalue weighted by atomic mass is 10.1. The average Bonchev–Trinajstić information content (AvgIpc) is 2.78. The van der Waals surface area contributed by atoms with Gasteiger partial charge >= 0.3 is 0 Å². The summed E-state index contributed by atoms with van der Waals surface area (Å²) in [7, 11) is 0. The van der Waals surface area contributed by atoms with E-state index in [1.807, 2.05) is 11.8 Å². The van der Waals surface area contributed by atoms with Crippen LogP contribution in [-0.2, 0) is 14.3 Å². The fourth-order valence-electron chi connectivity index (χ4n) is 3.87. The van der Waals surface area contributed by atoms with Gasteiger partial charge in [-0.1, -0.05) is 30.3 Å². The molecule has 1 aromatic heterocycles. The zero-order valence-corrected chi connectivity index (χ0v) is 20.5. The largest absolute Gasteiger partial charge is 0.379 e. The van der Waals surface area contributed by atoms with E-state index >= 15 is 0 Å². The molecule has 178 valence electrons. The van der Waals surface area contributed by atoms with Crippen LogP contribution in [0.1, 0.15) is 26.7 Å². The van der Waals surface area contributed by atoms with Gasteiger partial charge < -0.3 is 19.9 Å². The van der Waals surface area contributed by atoms with Crippen LogP contribution in [0.2, 0.25) is 5.15 Å². The van der Waals surface area contributed by atoms with Crippen LogP contribution in [0.25, 0.3) is 0 Å². The van der Waals surface area contributed by atoms with Crippen molar-refractivity contribution in [2.45, 2.75) is 37.9 Å². The van der Waals surface area contributed by atoms with Crippen molar-refractivity contribution in [3.8, 4) is 0 Å². The van der Waals surface area contributed by atoms with Gasteiger partial charge in [-0.15, -0.1) is 0 Å². The molecule has 2 aliphatic heterocycles. The molecule has 3 rings (SSSR count). The number of ether oxygens (including phenoxy) is 1. The third-order valence-electron chi connectivity index (χ3n) is 5.58. The maximum absolute atomic E-state index is 12.3. The highest BCUT2D eigenvalue weighted by Crippen LogP contribution is 2.24. The van der Waals surface area contributed by atoms with E-state index in [4.69, 9.17) is 16.3 Å². The van der Waals surface area contributed by atoms with E-state index in [0.29, 0.717) is 42.9 Å². The lowest BCUT2D eigenvalue weighted by Gasteiger charge is -2.40. The Morgan fingerprint density at radius 2 is 2.03 bits per heavy atom. The van der Waals surface area contributed by atoms with Gasteiger partial charge in [0.25, 0.3) is 0 Å². The first-order valence-electron chi connectivity index (χ1n) is 11.2. The summed E-state index contributed by atoms with van der Waals surface area (Å²) in [5.74, 6) is 1.12. The molecule has 1 N–H and O–H groups in total. The quantitative estimate of drug-likeness (QED) is 0.320. The first kappa shape index (κ1) is 25.0. The van der Waals surface area contributed by atoms with Gasteiger partial charge in [0.2, 0.25) is 11.8 Å². The number of aromatic nitrogens is 2. The van der Waals surface area contributed by atoms with E-state index in [0.717, 1.165) is 45.1 Å². The number of hydrogen-bond donors (Lipinski definition) is 1. The molecule has 2 saturated heterocycles. The van der Waals surface area contributed by atoms with E-state index in [1.165, 1.54) is 11.8 Å². The molecule has 1 atom stereocenters. The Bertz CT molecular complexity index is 780. The first-order valence-corrected chi connectivity index (χ1v) is 12.6. The average molecular weight is 485 g/mol. The Kier molecular flexibility index (Phi) is 9.83. The van der Waals surface area contributed by atoms with Crippen LogP contribution in [0.3, 0.4) is 0 Å². The molecule has 0 spiro atoms. The minimum Gasteiger partial charge on any atom is -0.379 e. The first-order chi connectivity index (χ1) is 15.5. The Morgan fingerprint density at radius 3 is 2.75 bits per heavy atom. The van der Waals surface area contributed by atoms with E-state index in [-0.39, 0.29) is 23.6 Å². The van der Waals surface area contributed by atoms with Crippen LogP contribution in [0.5, 0.6) is 0 Å². The molecule has 1 aromatic rings. The molecule has 0 bridgehead atoms. The van der Waals surface area contributed by atoms with E-state index in [9.17, 15) is 9.59 Å². The summed E-state index contributed by atoms with van der Waals surface area (Å²) < 4.78 is 5.33. The zero-order valence-electron chi connectivity index (χ0n) is 18.9. The Hall–Kier alpha value is -1.62. The molecular formula is C21H33ClN6O3S. The minimum absolute atomic E-state index is 0.0509. The number of hydrogen-bond acceptors (Lipinski definition) is 8. The highest BCUT2D eigenvalue weighted by Gasteiger charge is 2.28. The maximum Gasteiger partial charge on any atom is 0.230 e. The van der Waals surface area contributed by atoms with Crippen molar-refractivity contribution in [1.29, 1.82) is 0 Å². The molecule has 11 heteroatoms. The molecule has 3 heterocycles. The monoisotopic (exact) mass is 484 g/mol. The van der Waals surface area contributed by atoms with Gasteiger partial charge in [0.15, 0.2) is 5.16 Å². The van der Waals surface area contributed by atoms with Crippen molar-refractivity contribution >= 4 is 41.0 Å². The third kappa shape index (κ3) is 7.47. The van der Waals surface area contributed by atoms with Crippen molar-refractivity contribution in [3.63, 3.8) is 0 Å². The minimum atomic E-state index is -0.0509. The SMILES string of the molecule is CCCC(=O)N1CCN(c2cc(Cl)nc(SCC(=O)NCCN3CCOCC3)n2)CC1C. The van der Waals surface area contributed by atoms with Gasteiger partial charge in [-0.2, -0.15) is 0 Å². The van der Waals surface area contributed by atoms with E-state index in [2.05, 4.69) is 32.0 Å². The van der Waals surface area contributed by atoms with Crippen LogP contribution >= 0.6 is 23.4 Å². The van der Waals surface area contributed by atoms with Crippen molar-refractivity contribution in [2.24, 2.45) is 0 Å². The summed E-state index contributed by atoms with van der Waals surface area (Å²) in [6.45, 7) is 10.9. The molecular weight excluding hydrogens is 452 g/mol. The number of anilines is 1. The highest BCUT2D eigenvalue weighted by atomic mass is 35.5.